The van der Waals surface area contributed by atoms with Crippen LogP contribution in [0.1, 0.15) is 18.6 Å². The molecule has 0 radical (unpaired) electrons. The first-order valence-corrected chi connectivity index (χ1v) is 11.4. The van der Waals surface area contributed by atoms with E-state index in [1.165, 1.54) is 17.6 Å². The molecule has 4 aromatic carbocycles. The second-order valence-corrected chi connectivity index (χ2v) is 7.95. The SMILES string of the molecule is CCO[C@@H](/C=C/C(=O)NO)[C@@H](OC(=O)Nc1cccc2ccccc12)c1ccc(O)c2ccccc12. The van der Waals surface area contributed by atoms with E-state index in [9.17, 15) is 14.7 Å². The standard InChI is InChI=1S/C28H26N2O6/c1-2-35-25(16-17-26(32)30-34)27(22-14-15-24(31)21-12-6-5-11-20(21)22)36-28(33)29-23-13-7-9-18-8-3-4-10-19(18)23/h3-17,25,27,31,34H,2H2,1H3,(H,29,33)(H,30,32)/b17-16+/t25-,27-/m0/s1. The predicted octanol–water partition coefficient (Wildman–Crippen LogP) is 5.46. The zero-order valence-electron chi connectivity index (χ0n) is 19.5. The summed E-state index contributed by atoms with van der Waals surface area (Å²) in [5, 5.41) is 25.1. The fraction of sp³-hybridized carbons (Fsp3) is 0.143. The Labute approximate surface area is 207 Å². The average Bonchev–Trinajstić information content (AvgIpc) is 2.90. The van der Waals surface area contributed by atoms with Gasteiger partial charge in [-0.1, -0.05) is 66.7 Å². The summed E-state index contributed by atoms with van der Waals surface area (Å²) in [6, 6.07) is 23.5. The van der Waals surface area contributed by atoms with Crippen molar-refractivity contribution in [2.45, 2.75) is 19.1 Å². The number of phenols is 1. The van der Waals surface area contributed by atoms with E-state index >= 15 is 0 Å². The van der Waals surface area contributed by atoms with Crippen LogP contribution >= 0.6 is 0 Å². The van der Waals surface area contributed by atoms with Crippen LogP contribution in [0.4, 0.5) is 10.5 Å². The topological polar surface area (TPSA) is 117 Å². The molecule has 184 valence electrons. The molecule has 2 atom stereocenters. The number of nitrogens with one attached hydrogen (secondary N) is 2. The molecule has 4 rings (SSSR count). The molecule has 36 heavy (non-hydrogen) atoms. The number of rotatable bonds is 8. The highest BCUT2D eigenvalue weighted by atomic mass is 16.6. The van der Waals surface area contributed by atoms with E-state index in [0.29, 0.717) is 22.0 Å². The van der Waals surface area contributed by atoms with Gasteiger partial charge in [-0.25, -0.2) is 10.3 Å². The first kappa shape index (κ1) is 24.7. The second kappa shape index (κ2) is 11.4. The van der Waals surface area contributed by atoms with Gasteiger partial charge in [0.15, 0.2) is 6.10 Å². The number of anilines is 1. The Morgan fingerprint density at radius 3 is 2.36 bits per heavy atom. The van der Waals surface area contributed by atoms with Crippen molar-refractivity contribution in [2.24, 2.45) is 0 Å². The van der Waals surface area contributed by atoms with Crippen molar-refractivity contribution in [1.82, 2.24) is 5.48 Å². The fourth-order valence-corrected chi connectivity index (χ4v) is 4.11. The third-order valence-corrected chi connectivity index (χ3v) is 5.71. The summed E-state index contributed by atoms with van der Waals surface area (Å²) in [6.07, 6.45) is -0.0843. The van der Waals surface area contributed by atoms with Crippen molar-refractivity contribution < 1.29 is 29.4 Å². The van der Waals surface area contributed by atoms with Crippen LogP contribution in [0.2, 0.25) is 0 Å². The van der Waals surface area contributed by atoms with E-state index in [4.69, 9.17) is 14.7 Å². The molecule has 0 fully saturated rings. The number of benzene rings is 4. The average molecular weight is 487 g/mol. The van der Waals surface area contributed by atoms with Gasteiger partial charge in [0, 0.05) is 29.0 Å². The predicted molar refractivity (Wildman–Crippen MR) is 137 cm³/mol. The van der Waals surface area contributed by atoms with Crippen LogP contribution in [0.5, 0.6) is 5.75 Å². The summed E-state index contributed by atoms with van der Waals surface area (Å²) in [7, 11) is 0. The molecule has 0 aliphatic carbocycles. The molecule has 0 aliphatic rings. The van der Waals surface area contributed by atoms with Crippen molar-refractivity contribution >= 4 is 39.2 Å². The van der Waals surface area contributed by atoms with E-state index < -0.39 is 24.2 Å². The quantitative estimate of drug-likeness (QED) is 0.149. The Morgan fingerprint density at radius 2 is 1.61 bits per heavy atom. The molecule has 4 N–H and O–H groups in total. The van der Waals surface area contributed by atoms with Crippen LogP contribution in [0.15, 0.2) is 91.0 Å². The van der Waals surface area contributed by atoms with E-state index in [-0.39, 0.29) is 12.4 Å². The van der Waals surface area contributed by atoms with Gasteiger partial charge in [-0.2, -0.15) is 0 Å². The highest BCUT2D eigenvalue weighted by Gasteiger charge is 2.28. The van der Waals surface area contributed by atoms with Gasteiger partial charge in [0.1, 0.15) is 11.9 Å². The molecule has 0 unspecified atom stereocenters. The number of aromatic hydroxyl groups is 1. The van der Waals surface area contributed by atoms with Gasteiger partial charge >= 0.3 is 6.09 Å². The fourth-order valence-electron chi connectivity index (χ4n) is 4.11. The maximum Gasteiger partial charge on any atom is 0.412 e. The molecule has 8 heteroatoms. The summed E-state index contributed by atoms with van der Waals surface area (Å²) in [6.45, 7) is 2.03. The Morgan fingerprint density at radius 1 is 0.917 bits per heavy atom. The molecule has 2 amide bonds. The van der Waals surface area contributed by atoms with Crippen LogP contribution in [0, 0.1) is 0 Å². The number of amides is 2. The maximum absolute atomic E-state index is 13.2. The van der Waals surface area contributed by atoms with Crippen LogP contribution in [0.3, 0.4) is 0 Å². The summed E-state index contributed by atoms with van der Waals surface area (Å²) in [4.78, 5) is 24.8. The largest absolute Gasteiger partial charge is 0.507 e. The molecule has 0 saturated carbocycles. The number of hydroxylamine groups is 1. The van der Waals surface area contributed by atoms with E-state index in [1.54, 1.807) is 37.3 Å². The van der Waals surface area contributed by atoms with Crippen LogP contribution in [-0.4, -0.2) is 35.0 Å². The van der Waals surface area contributed by atoms with Crippen LogP contribution in [-0.2, 0) is 14.3 Å². The zero-order valence-corrected chi connectivity index (χ0v) is 19.5. The minimum atomic E-state index is -0.992. The van der Waals surface area contributed by atoms with E-state index in [1.807, 2.05) is 42.5 Å². The van der Waals surface area contributed by atoms with Gasteiger partial charge in [-0.3, -0.25) is 15.3 Å². The van der Waals surface area contributed by atoms with Crippen LogP contribution < -0.4 is 10.8 Å². The van der Waals surface area contributed by atoms with E-state index in [2.05, 4.69) is 5.32 Å². The zero-order chi connectivity index (χ0) is 25.5. The maximum atomic E-state index is 13.2. The summed E-state index contributed by atoms with van der Waals surface area (Å²) in [5.74, 6) is -0.675. The van der Waals surface area contributed by atoms with Gasteiger partial charge in [0.05, 0.1) is 5.69 Å². The van der Waals surface area contributed by atoms with Crippen molar-refractivity contribution in [2.75, 3.05) is 11.9 Å². The highest BCUT2D eigenvalue weighted by molar-refractivity contribution is 6.00. The third-order valence-electron chi connectivity index (χ3n) is 5.71. The minimum Gasteiger partial charge on any atom is -0.507 e. The summed E-state index contributed by atoms with van der Waals surface area (Å²) >= 11 is 0. The molecule has 0 spiro atoms. The van der Waals surface area contributed by atoms with Gasteiger partial charge in [-0.15, -0.1) is 0 Å². The van der Waals surface area contributed by atoms with Crippen molar-refractivity contribution in [3.63, 3.8) is 0 Å². The minimum absolute atomic E-state index is 0.0801. The number of hydrogen-bond acceptors (Lipinski definition) is 6. The van der Waals surface area contributed by atoms with Gasteiger partial charge < -0.3 is 14.6 Å². The van der Waals surface area contributed by atoms with Crippen molar-refractivity contribution in [3.05, 3.63) is 96.6 Å². The lowest BCUT2D eigenvalue weighted by Gasteiger charge is -2.26. The first-order chi connectivity index (χ1) is 17.5. The Kier molecular flexibility index (Phi) is 7.79. The lowest BCUT2D eigenvalue weighted by molar-refractivity contribution is -0.124. The molecule has 0 aromatic heterocycles. The second-order valence-electron chi connectivity index (χ2n) is 7.95. The number of hydrogen-bond donors (Lipinski definition) is 4. The smallest absolute Gasteiger partial charge is 0.412 e. The number of carbonyl (C=O) groups is 2. The molecular formula is C28H26N2O6. The van der Waals surface area contributed by atoms with Gasteiger partial charge in [0.25, 0.3) is 5.91 Å². The Hall–Kier alpha value is -4.40. The summed E-state index contributed by atoms with van der Waals surface area (Å²) in [5.41, 5.74) is 2.69. The third kappa shape index (κ3) is 5.46. The molecule has 0 saturated heterocycles. The molecule has 0 bridgehead atoms. The van der Waals surface area contributed by atoms with Gasteiger partial charge in [0.2, 0.25) is 0 Å². The van der Waals surface area contributed by atoms with E-state index in [0.717, 1.165) is 16.8 Å². The normalized spacial score (nSPS) is 12.9. The van der Waals surface area contributed by atoms with Crippen molar-refractivity contribution in [1.29, 1.82) is 0 Å². The summed E-state index contributed by atoms with van der Waals surface area (Å²) < 4.78 is 11.8. The molecule has 8 nitrogen and oxygen atoms in total. The number of ether oxygens (including phenoxy) is 2. The Bertz CT molecular complexity index is 1410. The molecular weight excluding hydrogens is 460 g/mol. The monoisotopic (exact) mass is 486 g/mol. The number of fused-ring (bicyclic) bond motifs is 2. The Balaban J connectivity index is 1.73. The lowest BCUT2D eigenvalue weighted by Crippen LogP contribution is -2.28. The number of carbonyl (C=O) groups excluding carboxylic acids is 2. The highest BCUT2D eigenvalue weighted by Crippen LogP contribution is 2.35. The van der Waals surface area contributed by atoms with Gasteiger partial charge in [-0.05, 0) is 35.9 Å². The first-order valence-electron chi connectivity index (χ1n) is 11.4. The van der Waals surface area contributed by atoms with Crippen molar-refractivity contribution in [3.8, 4) is 5.75 Å². The molecule has 0 aliphatic heterocycles. The lowest BCUT2D eigenvalue weighted by atomic mass is 9.96. The van der Waals surface area contributed by atoms with Crippen LogP contribution in [0.25, 0.3) is 21.5 Å². The molecule has 4 aromatic rings. The molecule has 0 heterocycles. The number of phenolic OH excluding ortho intramolecular Hbond substituents is 1.